The van der Waals surface area contributed by atoms with Crippen molar-refractivity contribution in [2.24, 2.45) is 0 Å². The highest BCUT2D eigenvalue weighted by molar-refractivity contribution is 9.10. The molecule has 0 fully saturated rings. The van der Waals surface area contributed by atoms with Crippen molar-refractivity contribution in [3.8, 4) is 11.5 Å². The van der Waals surface area contributed by atoms with Gasteiger partial charge in [-0.3, -0.25) is 0 Å². The highest BCUT2D eigenvalue weighted by atomic mass is 79.9. The van der Waals surface area contributed by atoms with Gasteiger partial charge in [-0.05, 0) is 46.6 Å². The number of hydrogen-bond donors (Lipinski definition) is 0. The number of benzene rings is 1. The predicted octanol–water partition coefficient (Wildman–Crippen LogP) is 5.42. The van der Waals surface area contributed by atoms with Crippen LogP contribution >= 0.6 is 38.9 Å². The van der Waals surface area contributed by atoms with Crippen molar-refractivity contribution in [3.63, 3.8) is 0 Å². The Labute approximate surface area is 136 Å². The van der Waals surface area contributed by atoms with Crippen molar-refractivity contribution in [1.82, 2.24) is 0 Å². The van der Waals surface area contributed by atoms with Gasteiger partial charge in [-0.25, -0.2) is 0 Å². The summed E-state index contributed by atoms with van der Waals surface area (Å²) < 4.78 is 11.6. The van der Waals surface area contributed by atoms with Crippen molar-refractivity contribution < 1.29 is 9.47 Å². The Morgan fingerprint density at radius 3 is 2.45 bits per heavy atom. The molecule has 0 bridgehead atoms. The molecule has 2 rings (SSSR count). The van der Waals surface area contributed by atoms with Crippen LogP contribution in [0.25, 0.3) is 0 Å². The number of halogens is 2. The standard InChI is InChI=1S/C15H16BrClO2S/c1-4-9-5-6-14(20-9)15(17)10-7-13(19-3)11(16)8-12(10)18-2/h5-8,15H,4H2,1-3H3. The second-order valence-corrected chi connectivity index (χ2v) is 6.74. The molecule has 108 valence electrons. The zero-order valence-electron chi connectivity index (χ0n) is 11.6. The fourth-order valence-corrected chi connectivity index (χ4v) is 3.77. The van der Waals surface area contributed by atoms with Crippen LogP contribution in [0.5, 0.6) is 11.5 Å². The predicted molar refractivity (Wildman–Crippen MR) is 88.6 cm³/mol. The Balaban J connectivity index is 2.44. The SMILES string of the molecule is CCc1ccc(C(Cl)c2cc(OC)c(Br)cc2OC)s1. The van der Waals surface area contributed by atoms with Crippen LogP contribution in [-0.2, 0) is 6.42 Å². The quantitative estimate of drug-likeness (QED) is 0.650. The van der Waals surface area contributed by atoms with E-state index in [1.807, 2.05) is 12.1 Å². The van der Waals surface area contributed by atoms with Gasteiger partial charge in [-0.1, -0.05) is 6.92 Å². The number of methoxy groups -OCH3 is 2. The second kappa shape index (κ2) is 6.83. The molecule has 5 heteroatoms. The first-order valence-electron chi connectivity index (χ1n) is 6.24. The summed E-state index contributed by atoms with van der Waals surface area (Å²) >= 11 is 11.8. The summed E-state index contributed by atoms with van der Waals surface area (Å²) in [5, 5.41) is -0.239. The summed E-state index contributed by atoms with van der Waals surface area (Å²) in [4.78, 5) is 2.44. The maximum absolute atomic E-state index is 6.63. The summed E-state index contributed by atoms with van der Waals surface area (Å²) in [5.74, 6) is 1.50. The van der Waals surface area contributed by atoms with Gasteiger partial charge in [0.15, 0.2) is 0 Å². The average Bonchev–Trinajstić information content (AvgIpc) is 2.95. The molecular formula is C15H16BrClO2S. The molecule has 0 aliphatic heterocycles. The first-order valence-corrected chi connectivity index (χ1v) is 8.29. The van der Waals surface area contributed by atoms with Gasteiger partial charge in [0.05, 0.1) is 24.1 Å². The third kappa shape index (κ3) is 3.13. The van der Waals surface area contributed by atoms with Gasteiger partial charge in [0, 0.05) is 15.3 Å². The van der Waals surface area contributed by atoms with Crippen LogP contribution < -0.4 is 9.47 Å². The van der Waals surface area contributed by atoms with Gasteiger partial charge < -0.3 is 9.47 Å². The molecular weight excluding hydrogens is 360 g/mol. The number of ether oxygens (including phenoxy) is 2. The molecule has 2 aromatic rings. The molecule has 1 unspecified atom stereocenters. The Hall–Kier alpha value is -0.710. The van der Waals surface area contributed by atoms with Gasteiger partial charge >= 0.3 is 0 Å². The molecule has 0 aliphatic rings. The van der Waals surface area contributed by atoms with E-state index in [9.17, 15) is 0 Å². The van der Waals surface area contributed by atoms with Crippen LogP contribution in [0, 0.1) is 0 Å². The molecule has 0 radical (unpaired) electrons. The maximum atomic E-state index is 6.63. The molecule has 1 atom stereocenters. The highest BCUT2D eigenvalue weighted by Gasteiger charge is 2.20. The lowest BCUT2D eigenvalue weighted by molar-refractivity contribution is 0.397. The van der Waals surface area contributed by atoms with E-state index in [2.05, 4.69) is 35.0 Å². The average molecular weight is 376 g/mol. The smallest absolute Gasteiger partial charge is 0.133 e. The van der Waals surface area contributed by atoms with Crippen LogP contribution in [0.4, 0.5) is 0 Å². The minimum Gasteiger partial charge on any atom is -0.496 e. The fourth-order valence-electron chi connectivity index (χ4n) is 1.96. The Morgan fingerprint density at radius 1 is 1.20 bits per heavy atom. The first-order chi connectivity index (χ1) is 9.60. The zero-order valence-corrected chi connectivity index (χ0v) is 14.7. The van der Waals surface area contributed by atoms with E-state index in [1.165, 1.54) is 4.88 Å². The lowest BCUT2D eigenvalue weighted by Crippen LogP contribution is -1.98. The molecule has 2 nitrogen and oxygen atoms in total. The monoisotopic (exact) mass is 374 g/mol. The minimum absolute atomic E-state index is 0.239. The lowest BCUT2D eigenvalue weighted by Gasteiger charge is -2.15. The third-order valence-electron chi connectivity index (χ3n) is 3.06. The molecule has 0 aliphatic carbocycles. The largest absolute Gasteiger partial charge is 0.496 e. The number of rotatable bonds is 5. The molecule has 20 heavy (non-hydrogen) atoms. The molecule has 1 heterocycles. The molecule has 0 saturated carbocycles. The van der Waals surface area contributed by atoms with Gasteiger partial charge in [0.1, 0.15) is 11.5 Å². The highest BCUT2D eigenvalue weighted by Crippen LogP contribution is 2.42. The Morgan fingerprint density at radius 2 is 1.90 bits per heavy atom. The number of alkyl halides is 1. The van der Waals surface area contributed by atoms with Gasteiger partial charge in [0.25, 0.3) is 0 Å². The second-order valence-electron chi connectivity index (χ2n) is 4.25. The normalized spacial score (nSPS) is 12.2. The molecule has 0 spiro atoms. The summed E-state index contributed by atoms with van der Waals surface area (Å²) in [6, 6.07) is 8.01. The Kier molecular flexibility index (Phi) is 5.35. The molecule has 0 saturated heterocycles. The van der Waals surface area contributed by atoms with Crippen LogP contribution in [0.2, 0.25) is 0 Å². The first kappa shape index (κ1) is 15.7. The van der Waals surface area contributed by atoms with Gasteiger partial charge in [-0.15, -0.1) is 22.9 Å². The van der Waals surface area contributed by atoms with Gasteiger partial charge in [-0.2, -0.15) is 0 Å². The fraction of sp³-hybridized carbons (Fsp3) is 0.333. The van der Waals surface area contributed by atoms with Crippen molar-refractivity contribution in [2.45, 2.75) is 18.7 Å². The third-order valence-corrected chi connectivity index (χ3v) is 5.57. The van der Waals surface area contributed by atoms with Gasteiger partial charge in [0.2, 0.25) is 0 Å². The van der Waals surface area contributed by atoms with Crippen LogP contribution in [-0.4, -0.2) is 14.2 Å². The molecule has 1 aromatic carbocycles. The summed E-state index contributed by atoms with van der Waals surface area (Å²) in [7, 11) is 3.28. The summed E-state index contributed by atoms with van der Waals surface area (Å²) in [6.45, 7) is 2.14. The van der Waals surface area contributed by atoms with E-state index in [0.717, 1.165) is 32.8 Å². The van der Waals surface area contributed by atoms with Crippen molar-refractivity contribution in [1.29, 1.82) is 0 Å². The Bertz CT molecular complexity index is 598. The topological polar surface area (TPSA) is 18.5 Å². The molecule has 0 N–H and O–H groups in total. The number of thiophene rings is 1. The van der Waals surface area contributed by atoms with Crippen LogP contribution in [0.15, 0.2) is 28.7 Å². The van der Waals surface area contributed by atoms with E-state index in [0.29, 0.717) is 0 Å². The van der Waals surface area contributed by atoms with E-state index in [-0.39, 0.29) is 5.38 Å². The minimum atomic E-state index is -0.239. The lowest BCUT2D eigenvalue weighted by atomic mass is 10.1. The van der Waals surface area contributed by atoms with E-state index < -0.39 is 0 Å². The molecule has 1 aromatic heterocycles. The van der Waals surface area contributed by atoms with Crippen LogP contribution in [0.3, 0.4) is 0 Å². The van der Waals surface area contributed by atoms with Crippen molar-refractivity contribution >= 4 is 38.9 Å². The van der Waals surface area contributed by atoms with Crippen molar-refractivity contribution in [2.75, 3.05) is 14.2 Å². The van der Waals surface area contributed by atoms with Crippen LogP contribution in [0.1, 0.15) is 27.6 Å². The zero-order chi connectivity index (χ0) is 14.7. The maximum Gasteiger partial charge on any atom is 0.133 e. The van der Waals surface area contributed by atoms with E-state index in [1.54, 1.807) is 25.6 Å². The number of aryl methyl sites for hydroxylation is 1. The number of hydrogen-bond acceptors (Lipinski definition) is 3. The summed E-state index contributed by atoms with van der Waals surface area (Å²) in [5.41, 5.74) is 0.915. The van der Waals surface area contributed by atoms with E-state index >= 15 is 0 Å². The van der Waals surface area contributed by atoms with Crippen molar-refractivity contribution in [3.05, 3.63) is 44.1 Å². The molecule has 0 amide bonds. The summed E-state index contributed by atoms with van der Waals surface area (Å²) in [6.07, 6.45) is 1.02. The van der Waals surface area contributed by atoms with E-state index in [4.69, 9.17) is 21.1 Å².